The molecule has 2 rings (SSSR count). The van der Waals surface area contributed by atoms with Gasteiger partial charge in [-0.2, -0.15) is 0 Å². The van der Waals surface area contributed by atoms with Gasteiger partial charge in [0.25, 0.3) is 5.91 Å². The van der Waals surface area contributed by atoms with Gasteiger partial charge in [0.1, 0.15) is 11.4 Å². The summed E-state index contributed by atoms with van der Waals surface area (Å²) in [6.07, 6.45) is 1.39. The van der Waals surface area contributed by atoms with Gasteiger partial charge in [0.05, 0.1) is 10.6 Å². The van der Waals surface area contributed by atoms with Crippen LogP contribution in [0.5, 0.6) is 0 Å². The van der Waals surface area contributed by atoms with E-state index in [2.05, 4.69) is 26.2 Å². The first-order valence-corrected chi connectivity index (χ1v) is 6.61. The van der Waals surface area contributed by atoms with Crippen molar-refractivity contribution in [1.29, 1.82) is 0 Å². The van der Waals surface area contributed by atoms with Crippen LogP contribution in [0.1, 0.15) is 20.7 Å². The van der Waals surface area contributed by atoms with E-state index in [4.69, 9.17) is 16.7 Å². The molecular weight excluding hydrogens is 348 g/mol. The molecule has 2 N–H and O–H groups in total. The number of carboxylic acids is 1. The molecule has 0 aliphatic rings. The van der Waals surface area contributed by atoms with Gasteiger partial charge >= 0.3 is 5.97 Å². The van der Waals surface area contributed by atoms with Gasteiger partial charge in [0.15, 0.2) is 0 Å². The first kappa shape index (κ1) is 14.5. The summed E-state index contributed by atoms with van der Waals surface area (Å²) in [5.41, 5.74) is 0.134. The first-order valence-electron chi connectivity index (χ1n) is 5.44. The number of nitrogens with zero attached hydrogens (tertiary/aromatic N) is 1. The van der Waals surface area contributed by atoms with Crippen molar-refractivity contribution in [3.8, 4) is 0 Å². The third-order valence-corrected chi connectivity index (χ3v) is 3.76. The lowest BCUT2D eigenvalue weighted by molar-refractivity contribution is 0.0697. The molecule has 1 aromatic heterocycles. The Bertz CT molecular complexity index is 691. The molecule has 1 heterocycles. The minimum Gasteiger partial charge on any atom is -0.478 e. The third-order valence-electron chi connectivity index (χ3n) is 2.47. The minimum atomic E-state index is -1.17. The Kier molecular flexibility index (Phi) is 4.36. The van der Waals surface area contributed by atoms with E-state index in [0.29, 0.717) is 4.47 Å². The maximum atomic E-state index is 12.1. The summed E-state index contributed by atoms with van der Waals surface area (Å²) in [5, 5.41) is 11.7. The van der Waals surface area contributed by atoms with Crippen LogP contribution >= 0.6 is 27.5 Å². The second-order valence-electron chi connectivity index (χ2n) is 3.76. The summed E-state index contributed by atoms with van der Waals surface area (Å²) in [7, 11) is 0. The summed E-state index contributed by atoms with van der Waals surface area (Å²) in [6.45, 7) is 0. The lowest BCUT2D eigenvalue weighted by atomic mass is 10.2. The van der Waals surface area contributed by atoms with E-state index >= 15 is 0 Å². The van der Waals surface area contributed by atoms with Gasteiger partial charge in [-0.1, -0.05) is 17.7 Å². The van der Waals surface area contributed by atoms with Crippen molar-refractivity contribution in [2.45, 2.75) is 0 Å². The average Bonchev–Trinajstić information content (AvgIpc) is 2.42. The van der Waals surface area contributed by atoms with Crippen molar-refractivity contribution < 1.29 is 14.7 Å². The van der Waals surface area contributed by atoms with E-state index in [1.54, 1.807) is 12.1 Å². The second kappa shape index (κ2) is 6.02. The standard InChI is InChI=1S/C13H8BrClN2O3/c14-9-5-1-3-7(10(9)15)12(18)17-11-8(13(19)20)4-2-6-16-11/h1-6H,(H,19,20)(H,16,17,18). The molecule has 0 atom stereocenters. The number of carbonyl (C=O) groups excluding carboxylic acids is 1. The van der Waals surface area contributed by atoms with Crippen LogP contribution in [0.3, 0.4) is 0 Å². The zero-order chi connectivity index (χ0) is 14.7. The molecule has 0 spiro atoms. The molecule has 0 fully saturated rings. The van der Waals surface area contributed by atoms with Crippen molar-refractivity contribution in [3.05, 3.63) is 57.2 Å². The number of nitrogens with one attached hydrogen (secondary N) is 1. The number of amides is 1. The van der Waals surface area contributed by atoms with Gasteiger partial charge in [0, 0.05) is 10.7 Å². The fraction of sp³-hybridized carbons (Fsp3) is 0. The number of rotatable bonds is 3. The van der Waals surface area contributed by atoms with Crippen molar-refractivity contribution in [2.75, 3.05) is 5.32 Å². The molecule has 1 aromatic carbocycles. The van der Waals surface area contributed by atoms with Crippen molar-refractivity contribution in [3.63, 3.8) is 0 Å². The maximum absolute atomic E-state index is 12.1. The molecule has 0 radical (unpaired) electrons. The van der Waals surface area contributed by atoms with E-state index in [1.807, 2.05) is 0 Å². The number of carbonyl (C=O) groups is 2. The summed E-state index contributed by atoms with van der Waals surface area (Å²) in [6, 6.07) is 7.72. The SMILES string of the molecule is O=C(O)c1cccnc1NC(=O)c1cccc(Br)c1Cl. The normalized spacial score (nSPS) is 10.1. The topological polar surface area (TPSA) is 79.3 Å². The summed E-state index contributed by atoms with van der Waals surface area (Å²) in [4.78, 5) is 27.0. The van der Waals surface area contributed by atoms with Crippen LogP contribution in [0.25, 0.3) is 0 Å². The smallest absolute Gasteiger partial charge is 0.339 e. The van der Waals surface area contributed by atoms with Crippen LogP contribution in [0.15, 0.2) is 41.0 Å². The number of aromatic carboxylic acids is 1. The number of anilines is 1. The fourth-order valence-corrected chi connectivity index (χ4v) is 2.11. The number of hydrogen-bond donors (Lipinski definition) is 2. The molecule has 0 bridgehead atoms. The fourth-order valence-electron chi connectivity index (χ4n) is 1.53. The number of halogens is 2. The zero-order valence-electron chi connectivity index (χ0n) is 9.93. The maximum Gasteiger partial charge on any atom is 0.339 e. The van der Waals surface area contributed by atoms with Crippen molar-refractivity contribution in [2.24, 2.45) is 0 Å². The highest BCUT2D eigenvalue weighted by molar-refractivity contribution is 9.10. The third kappa shape index (κ3) is 2.97. The second-order valence-corrected chi connectivity index (χ2v) is 4.99. The number of carboxylic acid groups (broad SMARTS) is 1. The molecule has 2 aromatic rings. The molecule has 5 nitrogen and oxygen atoms in total. The Morgan fingerprint density at radius 2 is 1.90 bits per heavy atom. The van der Waals surface area contributed by atoms with Crippen LogP contribution in [0.2, 0.25) is 5.02 Å². The lowest BCUT2D eigenvalue weighted by Gasteiger charge is -2.08. The van der Waals surface area contributed by atoms with E-state index < -0.39 is 11.9 Å². The van der Waals surface area contributed by atoms with Crippen LogP contribution in [0.4, 0.5) is 5.82 Å². The number of pyridine rings is 1. The quantitative estimate of drug-likeness (QED) is 0.884. The highest BCUT2D eigenvalue weighted by Crippen LogP contribution is 2.26. The van der Waals surface area contributed by atoms with Crippen molar-refractivity contribution in [1.82, 2.24) is 4.98 Å². The predicted octanol–water partition coefficient (Wildman–Crippen LogP) is 3.45. The monoisotopic (exact) mass is 354 g/mol. The van der Waals surface area contributed by atoms with Crippen LogP contribution in [-0.2, 0) is 0 Å². The molecule has 0 aliphatic heterocycles. The Hall–Kier alpha value is -1.92. The molecule has 1 amide bonds. The molecule has 102 valence electrons. The lowest BCUT2D eigenvalue weighted by Crippen LogP contribution is -2.16. The molecule has 0 saturated carbocycles. The highest BCUT2D eigenvalue weighted by Gasteiger charge is 2.17. The molecule has 0 saturated heterocycles. The highest BCUT2D eigenvalue weighted by atomic mass is 79.9. The van der Waals surface area contributed by atoms with Crippen molar-refractivity contribution >= 4 is 45.2 Å². The van der Waals surface area contributed by atoms with Gasteiger partial charge in [0.2, 0.25) is 0 Å². The van der Waals surface area contributed by atoms with Gasteiger partial charge in [-0.3, -0.25) is 4.79 Å². The van der Waals surface area contributed by atoms with Crippen LogP contribution in [-0.4, -0.2) is 22.0 Å². The van der Waals surface area contributed by atoms with E-state index in [0.717, 1.165) is 0 Å². The van der Waals surface area contributed by atoms with E-state index in [-0.39, 0.29) is 22.0 Å². The number of aromatic nitrogens is 1. The van der Waals surface area contributed by atoms with Gasteiger partial charge in [-0.05, 0) is 40.2 Å². The van der Waals surface area contributed by atoms with Crippen LogP contribution < -0.4 is 5.32 Å². The average molecular weight is 356 g/mol. The molecule has 20 heavy (non-hydrogen) atoms. The van der Waals surface area contributed by atoms with Gasteiger partial charge in [-0.15, -0.1) is 0 Å². The predicted molar refractivity (Wildman–Crippen MR) is 78.3 cm³/mol. The first-order chi connectivity index (χ1) is 9.50. The Balaban J connectivity index is 2.33. The Morgan fingerprint density at radius 3 is 2.60 bits per heavy atom. The minimum absolute atomic E-state index is 0.0268. The summed E-state index contributed by atoms with van der Waals surface area (Å²) < 4.78 is 0.575. The summed E-state index contributed by atoms with van der Waals surface area (Å²) in [5.74, 6) is -1.73. The van der Waals surface area contributed by atoms with Crippen LogP contribution in [0, 0.1) is 0 Å². The largest absolute Gasteiger partial charge is 0.478 e. The number of benzene rings is 1. The summed E-state index contributed by atoms with van der Waals surface area (Å²) >= 11 is 9.23. The van der Waals surface area contributed by atoms with E-state index in [9.17, 15) is 9.59 Å². The molecule has 7 heteroatoms. The molecule has 0 aliphatic carbocycles. The Morgan fingerprint density at radius 1 is 1.20 bits per heavy atom. The molecule has 0 unspecified atom stereocenters. The van der Waals surface area contributed by atoms with E-state index in [1.165, 1.54) is 24.4 Å². The molecular formula is C13H8BrClN2O3. The Labute approximate surface area is 127 Å². The van der Waals surface area contributed by atoms with Gasteiger partial charge < -0.3 is 10.4 Å². The van der Waals surface area contributed by atoms with Gasteiger partial charge in [-0.25, -0.2) is 9.78 Å². The number of hydrogen-bond acceptors (Lipinski definition) is 3. The zero-order valence-corrected chi connectivity index (χ0v) is 12.3.